The van der Waals surface area contributed by atoms with Crippen molar-refractivity contribution in [3.63, 3.8) is 0 Å². The predicted molar refractivity (Wildman–Crippen MR) is 72.5 cm³/mol. The molecular formula is C13H17N5O. The minimum Gasteiger partial charge on any atom is -0.396 e. The molecule has 0 spiro atoms. The molecule has 6 heteroatoms. The topological polar surface area (TPSA) is 85.8 Å². The van der Waals surface area contributed by atoms with Gasteiger partial charge in [0.1, 0.15) is 0 Å². The third kappa shape index (κ3) is 2.90. The fourth-order valence-electron chi connectivity index (χ4n) is 1.73. The molecule has 0 atom stereocenters. The normalized spacial score (nSPS) is 10.4. The van der Waals surface area contributed by atoms with E-state index in [2.05, 4.69) is 15.4 Å². The van der Waals surface area contributed by atoms with Gasteiger partial charge in [0.05, 0.1) is 17.9 Å². The van der Waals surface area contributed by atoms with Gasteiger partial charge in [-0.2, -0.15) is 5.10 Å². The van der Waals surface area contributed by atoms with E-state index < -0.39 is 0 Å². The Bertz CT molecular complexity index is 590. The van der Waals surface area contributed by atoms with Crippen LogP contribution in [0.4, 0.5) is 5.69 Å². The lowest BCUT2D eigenvalue weighted by Crippen LogP contribution is -2.25. The zero-order valence-corrected chi connectivity index (χ0v) is 11.1. The average Bonchev–Trinajstić information content (AvgIpc) is 2.79. The van der Waals surface area contributed by atoms with Gasteiger partial charge in [0, 0.05) is 18.9 Å². The number of nitrogens with two attached hydrogens (primary N) is 1. The standard InChI is InChI=1S/C13H17N5O/c1-3-18-8-10(14)12(17-18)13(19)16-7-11-9(2)5-4-6-15-11/h4-6,8H,3,7,14H2,1-2H3,(H,16,19). The molecule has 1 amide bonds. The number of aryl methyl sites for hydroxylation is 2. The predicted octanol–water partition coefficient (Wildman–Crippen LogP) is 1.12. The molecule has 19 heavy (non-hydrogen) atoms. The van der Waals surface area contributed by atoms with E-state index in [0.717, 1.165) is 11.3 Å². The molecular weight excluding hydrogens is 242 g/mol. The fourth-order valence-corrected chi connectivity index (χ4v) is 1.73. The largest absolute Gasteiger partial charge is 0.396 e. The van der Waals surface area contributed by atoms with E-state index in [1.165, 1.54) is 0 Å². The summed E-state index contributed by atoms with van der Waals surface area (Å²) < 4.78 is 1.64. The molecule has 0 saturated heterocycles. The second-order valence-corrected chi connectivity index (χ2v) is 4.24. The summed E-state index contributed by atoms with van der Waals surface area (Å²) in [4.78, 5) is 16.2. The highest BCUT2D eigenvalue weighted by molar-refractivity contribution is 5.96. The Morgan fingerprint density at radius 3 is 2.95 bits per heavy atom. The Balaban J connectivity index is 2.05. The van der Waals surface area contributed by atoms with Gasteiger partial charge in [0.15, 0.2) is 5.69 Å². The number of hydrogen-bond acceptors (Lipinski definition) is 4. The van der Waals surface area contributed by atoms with Crippen molar-refractivity contribution in [3.05, 3.63) is 41.5 Å². The molecule has 3 N–H and O–H groups in total. The molecule has 0 radical (unpaired) electrons. The Morgan fingerprint density at radius 2 is 2.32 bits per heavy atom. The third-order valence-corrected chi connectivity index (χ3v) is 2.86. The van der Waals surface area contributed by atoms with Crippen LogP contribution in [0.5, 0.6) is 0 Å². The quantitative estimate of drug-likeness (QED) is 0.861. The van der Waals surface area contributed by atoms with Crippen LogP contribution in [0.2, 0.25) is 0 Å². The van der Waals surface area contributed by atoms with Gasteiger partial charge in [0.25, 0.3) is 5.91 Å². The van der Waals surface area contributed by atoms with Crippen molar-refractivity contribution in [1.29, 1.82) is 0 Å². The van der Waals surface area contributed by atoms with Crippen LogP contribution < -0.4 is 11.1 Å². The summed E-state index contributed by atoms with van der Waals surface area (Å²) in [5.41, 5.74) is 8.28. The summed E-state index contributed by atoms with van der Waals surface area (Å²) >= 11 is 0. The van der Waals surface area contributed by atoms with Gasteiger partial charge in [-0.25, -0.2) is 0 Å². The highest BCUT2D eigenvalue weighted by Crippen LogP contribution is 2.09. The first kappa shape index (κ1) is 13.1. The molecule has 0 bridgehead atoms. The lowest BCUT2D eigenvalue weighted by Gasteiger charge is -2.05. The van der Waals surface area contributed by atoms with Crippen LogP contribution in [0.15, 0.2) is 24.5 Å². The molecule has 0 aliphatic heterocycles. The summed E-state index contributed by atoms with van der Waals surface area (Å²) in [5, 5.41) is 6.90. The van der Waals surface area contributed by atoms with Crippen molar-refractivity contribution in [2.75, 3.05) is 5.73 Å². The number of nitrogen functional groups attached to an aromatic ring is 1. The highest BCUT2D eigenvalue weighted by Gasteiger charge is 2.14. The number of nitrogens with one attached hydrogen (secondary N) is 1. The van der Waals surface area contributed by atoms with Gasteiger partial charge in [-0.15, -0.1) is 0 Å². The smallest absolute Gasteiger partial charge is 0.274 e. The molecule has 0 saturated carbocycles. The van der Waals surface area contributed by atoms with E-state index >= 15 is 0 Å². The highest BCUT2D eigenvalue weighted by atomic mass is 16.2. The molecule has 0 fully saturated rings. The van der Waals surface area contributed by atoms with Gasteiger partial charge < -0.3 is 11.1 Å². The number of aromatic nitrogens is 3. The van der Waals surface area contributed by atoms with Crippen LogP contribution in [0, 0.1) is 6.92 Å². The molecule has 0 unspecified atom stereocenters. The molecule has 0 aromatic carbocycles. The minimum absolute atomic E-state index is 0.260. The van der Waals surface area contributed by atoms with Gasteiger partial charge in [-0.3, -0.25) is 14.5 Å². The fraction of sp³-hybridized carbons (Fsp3) is 0.308. The lowest BCUT2D eigenvalue weighted by atomic mass is 10.2. The van der Waals surface area contributed by atoms with Crippen molar-refractivity contribution < 1.29 is 4.79 Å². The molecule has 0 aliphatic carbocycles. The van der Waals surface area contributed by atoms with Gasteiger partial charge >= 0.3 is 0 Å². The van der Waals surface area contributed by atoms with Crippen LogP contribution in [-0.4, -0.2) is 20.7 Å². The molecule has 2 heterocycles. The summed E-state index contributed by atoms with van der Waals surface area (Å²) in [6.45, 7) is 4.93. The zero-order chi connectivity index (χ0) is 13.8. The number of rotatable bonds is 4. The first-order valence-electron chi connectivity index (χ1n) is 6.13. The van der Waals surface area contributed by atoms with E-state index in [1.54, 1.807) is 17.1 Å². The van der Waals surface area contributed by atoms with Gasteiger partial charge in [-0.05, 0) is 25.5 Å². The minimum atomic E-state index is -0.283. The lowest BCUT2D eigenvalue weighted by molar-refractivity contribution is 0.0945. The molecule has 2 aromatic rings. The monoisotopic (exact) mass is 259 g/mol. The number of carbonyl (C=O) groups excluding carboxylic acids is 1. The van der Waals surface area contributed by atoms with Crippen LogP contribution in [0.25, 0.3) is 0 Å². The van der Waals surface area contributed by atoms with Crippen LogP contribution in [0.3, 0.4) is 0 Å². The number of anilines is 1. The van der Waals surface area contributed by atoms with Crippen LogP contribution in [0.1, 0.15) is 28.7 Å². The summed E-state index contributed by atoms with van der Waals surface area (Å²) in [7, 11) is 0. The number of amides is 1. The molecule has 100 valence electrons. The molecule has 6 nitrogen and oxygen atoms in total. The maximum atomic E-state index is 12.0. The van der Waals surface area contributed by atoms with Crippen LogP contribution >= 0.6 is 0 Å². The maximum Gasteiger partial charge on any atom is 0.274 e. The van der Waals surface area contributed by atoms with Crippen LogP contribution in [-0.2, 0) is 13.1 Å². The maximum absolute atomic E-state index is 12.0. The molecule has 2 rings (SSSR count). The van der Waals surface area contributed by atoms with E-state index in [-0.39, 0.29) is 11.6 Å². The number of carbonyl (C=O) groups is 1. The van der Waals surface area contributed by atoms with Crippen molar-refractivity contribution in [3.8, 4) is 0 Å². The Hall–Kier alpha value is -2.37. The Morgan fingerprint density at radius 1 is 1.53 bits per heavy atom. The summed E-state index contributed by atoms with van der Waals surface area (Å²) in [6, 6.07) is 3.82. The Kier molecular flexibility index (Phi) is 3.79. The summed E-state index contributed by atoms with van der Waals surface area (Å²) in [5.74, 6) is -0.283. The van der Waals surface area contributed by atoms with E-state index in [4.69, 9.17) is 5.73 Å². The zero-order valence-electron chi connectivity index (χ0n) is 11.1. The number of nitrogens with zero attached hydrogens (tertiary/aromatic N) is 3. The Labute approximate surface area is 111 Å². The van der Waals surface area contributed by atoms with Crippen molar-refractivity contribution in [2.45, 2.75) is 26.9 Å². The average molecular weight is 259 g/mol. The van der Waals surface area contributed by atoms with E-state index in [1.807, 2.05) is 26.0 Å². The number of hydrogen-bond donors (Lipinski definition) is 2. The third-order valence-electron chi connectivity index (χ3n) is 2.86. The second-order valence-electron chi connectivity index (χ2n) is 4.24. The number of pyridine rings is 1. The summed E-state index contributed by atoms with van der Waals surface area (Å²) in [6.07, 6.45) is 3.36. The first-order chi connectivity index (χ1) is 9.11. The molecule has 0 aliphatic rings. The van der Waals surface area contributed by atoms with Gasteiger partial charge in [0.2, 0.25) is 0 Å². The molecule has 2 aromatic heterocycles. The van der Waals surface area contributed by atoms with Gasteiger partial charge in [-0.1, -0.05) is 6.07 Å². The second kappa shape index (κ2) is 5.51. The SMILES string of the molecule is CCn1cc(N)c(C(=O)NCc2ncccc2C)n1. The van der Waals surface area contributed by atoms with Crippen molar-refractivity contribution >= 4 is 11.6 Å². The van der Waals surface area contributed by atoms with E-state index in [9.17, 15) is 4.79 Å². The first-order valence-corrected chi connectivity index (χ1v) is 6.13. The van der Waals surface area contributed by atoms with Crippen molar-refractivity contribution in [2.24, 2.45) is 0 Å². The van der Waals surface area contributed by atoms with E-state index in [0.29, 0.717) is 18.8 Å². The van der Waals surface area contributed by atoms with Crippen molar-refractivity contribution in [1.82, 2.24) is 20.1 Å².